The summed E-state index contributed by atoms with van der Waals surface area (Å²) in [7, 11) is 0. The van der Waals surface area contributed by atoms with E-state index >= 15 is 0 Å². The van der Waals surface area contributed by atoms with Gasteiger partial charge in [-0.25, -0.2) is 4.98 Å². The third-order valence-electron chi connectivity index (χ3n) is 10.8. The highest BCUT2D eigenvalue weighted by Gasteiger charge is 2.22. The van der Waals surface area contributed by atoms with Crippen LogP contribution in [0.1, 0.15) is 34.7 Å². The molecule has 2 aliphatic carbocycles. The van der Waals surface area contributed by atoms with Gasteiger partial charge in [0.1, 0.15) is 5.65 Å². The molecule has 2 aromatic heterocycles. The van der Waals surface area contributed by atoms with Crippen molar-refractivity contribution < 1.29 is 0 Å². The fourth-order valence-corrected chi connectivity index (χ4v) is 8.30. The van der Waals surface area contributed by atoms with Crippen LogP contribution in [0.25, 0.3) is 72.3 Å². The Hall–Kier alpha value is -6.71. The van der Waals surface area contributed by atoms with E-state index in [2.05, 4.69) is 186 Å². The molecule has 0 amide bonds. The van der Waals surface area contributed by atoms with Gasteiger partial charge in [0.25, 0.3) is 0 Å². The van der Waals surface area contributed by atoms with Crippen molar-refractivity contribution in [3.8, 4) is 22.3 Å². The van der Waals surface area contributed by atoms with E-state index in [9.17, 15) is 0 Å². The minimum atomic E-state index is 0.0833. The van der Waals surface area contributed by atoms with Gasteiger partial charge in [0.05, 0.1) is 11.6 Å². The highest BCUT2D eigenvalue weighted by molar-refractivity contribution is 6.11. The van der Waals surface area contributed by atoms with Crippen LogP contribution in [0.2, 0.25) is 0 Å². The van der Waals surface area contributed by atoms with Crippen molar-refractivity contribution in [1.29, 1.82) is 0 Å². The fraction of sp³-hybridized carbons (Fsp3) is 0.0600. The van der Waals surface area contributed by atoms with Crippen molar-refractivity contribution in [2.24, 2.45) is 0 Å². The molecular weight excluding hydrogens is 643 g/mol. The van der Waals surface area contributed by atoms with Gasteiger partial charge in [0.15, 0.2) is 0 Å². The van der Waals surface area contributed by atoms with Crippen LogP contribution in [0.4, 0.5) is 0 Å². The molecule has 1 unspecified atom stereocenters. The third kappa shape index (κ3) is 5.41. The largest absolute Gasteiger partial charge is 0.380 e. The van der Waals surface area contributed by atoms with Crippen molar-refractivity contribution in [1.82, 2.24) is 14.9 Å². The zero-order chi connectivity index (χ0) is 35.1. The number of hydrogen-bond donors (Lipinski definition) is 1. The van der Waals surface area contributed by atoms with Crippen LogP contribution in [-0.2, 0) is 6.42 Å². The van der Waals surface area contributed by atoms with E-state index < -0.39 is 0 Å². The lowest BCUT2D eigenvalue weighted by molar-refractivity contribution is 0.749. The van der Waals surface area contributed by atoms with Crippen molar-refractivity contribution >= 4 is 50.1 Å². The van der Waals surface area contributed by atoms with Crippen molar-refractivity contribution in [3.05, 3.63) is 205 Å². The summed E-state index contributed by atoms with van der Waals surface area (Å²) < 4.78 is 2.28. The maximum atomic E-state index is 4.81. The summed E-state index contributed by atoms with van der Waals surface area (Å²) in [4.78, 5) is 4.81. The molecule has 1 aliphatic heterocycles. The lowest BCUT2D eigenvalue weighted by Crippen LogP contribution is -2.17. The topological polar surface area (TPSA) is 29.9 Å². The van der Waals surface area contributed by atoms with Gasteiger partial charge in [0, 0.05) is 28.9 Å². The van der Waals surface area contributed by atoms with Crippen LogP contribution in [0.5, 0.6) is 0 Å². The Bertz CT molecular complexity index is 2780. The normalized spacial score (nSPS) is 16.3. The van der Waals surface area contributed by atoms with Gasteiger partial charge < -0.3 is 5.32 Å². The van der Waals surface area contributed by atoms with E-state index in [1.54, 1.807) is 0 Å². The van der Waals surface area contributed by atoms with Crippen LogP contribution in [0.15, 0.2) is 182 Å². The molecule has 0 bridgehead atoms. The van der Waals surface area contributed by atoms with Gasteiger partial charge >= 0.3 is 0 Å². The summed E-state index contributed by atoms with van der Waals surface area (Å²) in [5.41, 5.74) is 14.6. The number of allylic oxidation sites excluding steroid dienone is 11. The summed E-state index contributed by atoms with van der Waals surface area (Å²) in [6.07, 6.45) is 30.3. The number of fused-ring (bicyclic) bond motifs is 5. The highest BCUT2D eigenvalue weighted by Crippen LogP contribution is 2.43. The summed E-state index contributed by atoms with van der Waals surface area (Å²) in [5, 5.41) is 8.67. The molecule has 252 valence electrons. The van der Waals surface area contributed by atoms with Gasteiger partial charge in [-0.3, -0.25) is 4.57 Å². The van der Waals surface area contributed by atoms with Gasteiger partial charge in [-0.05, 0) is 110 Å². The first-order chi connectivity index (χ1) is 26.3. The van der Waals surface area contributed by atoms with Gasteiger partial charge in [0.2, 0.25) is 0 Å². The Balaban J connectivity index is 0.973. The SMILES string of the molecule is C1=CCC=CC(n2c3ccc(-c4ccc(C5C=CC(c6c7c(c(-c8ccccc8)c8ccccc68)CC=CC=C7)=CN5)cc4)cc3c3cccnc32)=C1. The standard InChI is InChI=1S/C50H37N3/c1-2-8-17-39(16-7-1)53-47-30-28-37(32-45(47)44-22-13-31-51-50(44)53)34-23-25-35(26-24-34)46-29-27-38(33-52-46)49-42-19-10-4-9-18-40(42)48(36-14-5-3-6-15-36)41-20-11-12-21-43(41)49/h1,3-17,19-33,46,52H,2,18H2. The van der Waals surface area contributed by atoms with Crippen LogP contribution in [0, 0.1) is 0 Å². The summed E-state index contributed by atoms with van der Waals surface area (Å²) in [6, 6.07) is 39.8. The molecule has 7 aromatic rings. The molecule has 0 saturated carbocycles. The number of nitrogens with zero attached hydrogens (tertiary/aromatic N) is 2. The summed E-state index contributed by atoms with van der Waals surface area (Å²) >= 11 is 0. The van der Waals surface area contributed by atoms with Gasteiger partial charge in [-0.1, -0.05) is 140 Å². The predicted octanol–water partition coefficient (Wildman–Crippen LogP) is 12.4. The van der Waals surface area contributed by atoms with Crippen molar-refractivity contribution in [3.63, 3.8) is 0 Å². The smallest absolute Gasteiger partial charge is 0.145 e. The zero-order valence-corrected chi connectivity index (χ0v) is 29.3. The van der Waals surface area contributed by atoms with Crippen LogP contribution in [0.3, 0.4) is 0 Å². The van der Waals surface area contributed by atoms with Gasteiger partial charge in [-0.15, -0.1) is 0 Å². The number of rotatable bonds is 5. The molecule has 3 heteroatoms. The summed E-state index contributed by atoms with van der Waals surface area (Å²) in [6.45, 7) is 0. The molecule has 5 aromatic carbocycles. The number of dihydropyridines is 1. The predicted molar refractivity (Wildman–Crippen MR) is 224 cm³/mol. The zero-order valence-electron chi connectivity index (χ0n) is 29.3. The number of hydrogen-bond acceptors (Lipinski definition) is 2. The van der Waals surface area contributed by atoms with Crippen molar-refractivity contribution in [2.75, 3.05) is 0 Å². The Morgan fingerprint density at radius 1 is 0.623 bits per heavy atom. The number of benzene rings is 5. The number of pyridine rings is 1. The minimum Gasteiger partial charge on any atom is -0.380 e. The molecule has 1 atom stereocenters. The quantitative estimate of drug-likeness (QED) is 0.196. The monoisotopic (exact) mass is 679 g/mol. The molecule has 3 aliphatic rings. The molecule has 0 saturated heterocycles. The maximum Gasteiger partial charge on any atom is 0.145 e. The number of aromatic nitrogens is 2. The fourth-order valence-electron chi connectivity index (χ4n) is 8.30. The molecule has 0 spiro atoms. The van der Waals surface area contributed by atoms with Crippen LogP contribution < -0.4 is 5.32 Å². The number of nitrogens with one attached hydrogen (secondary N) is 1. The molecule has 0 fully saturated rings. The Kier molecular flexibility index (Phi) is 7.69. The average Bonchev–Trinajstić information content (AvgIpc) is 3.43. The lowest BCUT2D eigenvalue weighted by atomic mass is 9.82. The first-order valence-corrected chi connectivity index (χ1v) is 18.5. The van der Waals surface area contributed by atoms with E-state index in [0.717, 1.165) is 35.1 Å². The molecule has 1 N–H and O–H groups in total. The molecule has 10 rings (SSSR count). The van der Waals surface area contributed by atoms with E-state index in [1.165, 1.54) is 66.2 Å². The Morgan fingerprint density at radius 3 is 2.28 bits per heavy atom. The molecule has 0 radical (unpaired) electrons. The summed E-state index contributed by atoms with van der Waals surface area (Å²) in [5.74, 6) is 0. The Morgan fingerprint density at radius 2 is 1.43 bits per heavy atom. The molecule has 53 heavy (non-hydrogen) atoms. The second-order valence-electron chi connectivity index (χ2n) is 13.9. The molecular formula is C50H37N3. The second kappa shape index (κ2) is 13.1. The van der Waals surface area contributed by atoms with E-state index in [1.807, 2.05) is 12.3 Å². The van der Waals surface area contributed by atoms with Crippen LogP contribution >= 0.6 is 0 Å². The van der Waals surface area contributed by atoms with E-state index in [-0.39, 0.29) is 6.04 Å². The first-order valence-electron chi connectivity index (χ1n) is 18.5. The molecule has 3 nitrogen and oxygen atoms in total. The lowest BCUT2D eigenvalue weighted by Gasteiger charge is -2.24. The Labute approximate surface area is 309 Å². The minimum absolute atomic E-state index is 0.0833. The van der Waals surface area contributed by atoms with Crippen LogP contribution in [-0.4, -0.2) is 9.55 Å². The molecule has 3 heterocycles. The average molecular weight is 680 g/mol. The maximum absolute atomic E-state index is 4.81. The highest BCUT2D eigenvalue weighted by atomic mass is 15.0. The second-order valence-corrected chi connectivity index (χ2v) is 13.9. The van der Waals surface area contributed by atoms with E-state index in [0.29, 0.717) is 0 Å². The first kappa shape index (κ1) is 31.1. The third-order valence-corrected chi connectivity index (χ3v) is 10.8. The van der Waals surface area contributed by atoms with Crippen molar-refractivity contribution in [2.45, 2.75) is 18.9 Å². The van der Waals surface area contributed by atoms with Gasteiger partial charge in [-0.2, -0.15) is 0 Å². The van der Waals surface area contributed by atoms with E-state index in [4.69, 9.17) is 4.98 Å².